The van der Waals surface area contributed by atoms with Gasteiger partial charge in [-0.25, -0.2) is 4.39 Å². The van der Waals surface area contributed by atoms with E-state index in [1.165, 1.54) is 12.1 Å². The molecule has 0 amide bonds. The average Bonchev–Trinajstić information content (AvgIpc) is 2.38. The van der Waals surface area contributed by atoms with Crippen molar-refractivity contribution in [3.05, 3.63) is 61.3 Å². The van der Waals surface area contributed by atoms with Crippen LogP contribution in [0.3, 0.4) is 0 Å². The first-order valence-corrected chi connectivity index (χ1v) is 7.68. The molecule has 20 heavy (non-hydrogen) atoms. The quantitative estimate of drug-likeness (QED) is 0.567. The van der Waals surface area contributed by atoms with Gasteiger partial charge in [-0.05, 0) is 37.3 Å². The summed E-state index contributed by atoms with van der Waals surface area (Å²) in [7, 11) is 0. The molecule has 0 spiro atoms. The third-order valence-corrected chi connectivity index (χ3v) is 4.34. The molecule has 1 atom stereocenters. The Morgan fingerprint density at radius 1 is 1.10 bits per heavy atom. The van der Waals surface area contributed by atoms with Gasteiger partial charge in [0, 0.05) is 15.1 Å². The minimum Gasteiger partial charge on any atom is -0.377 e. The molecule has 2 aromatic rings. The van der Waals surface area contributed by atoms with Gasteiger partial charge < -0.3 is 5.32 Å². The van der Waals surface area contributed by atoms with E-state index < -0.39 is 5.82 Å². The highest BCUT2D eigenvalue weighted by Crippen LogP contribution is 2.35. The van der Waals surface area contributed by atoms with Crippen LogP contribution in [-0.2, 0) is 0 Å². The predicted molar refractivity (Wildman–Crippen MR) is 87.6 cm³/mol. The van der Waals surface area contributed by atoms with Gasteiger partial charge in [0.2, 0.25) is 0 Å². The Morgan fingerprint density at radius 3 is 2.45 bits per heavy atom. The summed E-state index contributed by atoms with van der Waals surface area (Å²) in [4.78, 5) is 0. The predicted octanol–water partition coefficient (Wildman–Crippen LogP) is 6.72. The summed E-state index contributed by atoms with van der Waals surface area (Å²) < 4.78 is 14.4. The van der Waals surface area contributed by atoms with Crippen LogP contribution in [-0.4, -0.2) is 0 Å². The molecule has 1 unspecified atom stereocenters. The molecule has 0 saturated heterocycles. The van der Waals surface area contributed by atoms with Crippen molar-refractivity contribution >= 4 is 56.4 Å². The van der Waals surface area contributed by atoms with Crippen LogP contribution >= 0.6 is 50.7 Å². The summed E-state index contributed by atoms with van der Waals surface area (Å²) in [5, 5.41) is 4.15. The fourth-order valence-corrected chi connectivity index (χ4v) is 3.28. The zero-order valence-corrected chi connectivity index (χ0v) is 14.2. The third-order valence-electron chi connectivity index (χ3n) is 2.82. The summed E-state index contributed by atoms with van der Waals surface area (Å²) in [6.45, 7) is 1.84. The maximum atomic E-state index is 13.5. The lowest BCUT2D eigenvalue weighted by atomic mass is 10.1. The van der Waals surface area contributed by atoms with Gasteiger partial charge in [-0.3, -0.25) is 0 Å². The normalized spacial score (nSPS) is 12.3. The molecule has 0 aliphatic heterocycles. The van der Waals surface area contributed by atoms with Crippen molar-refractivity contribution in [3.8, 4) is 0 Å². The lowest BCUT2D eigenvalue weighted by molar-refractivity contribution is 0.624. The standard InChI is InChI=1S/C14H10BrCl3FN/c1-7(13-9(16)3-4-11(19)14(13)18)20-12-5-2-8(15)6-10(12)17/h2-7,20H,1H3. The maximum Gasteiger partial charge on any atom is 0.142 e. The number of rotatable bonds is 3. The number of nitrogens with one attached hydrogen (secondary N) is 1. The highest BCUT2D eigenvalue weighted by molar-refractivity contribution is 9.10. The molecule has 0 bridgehead atoms. The van der Waals surface area contributed by atoms with Crippen LogP contribution in [0.15, 0.2) is 34.8 Å². The van der Waals surface area contributed by atoms with Crippen molar-refractivity contribution < 1.29 is 4.39 Å². The molecule has 0 radical (unpaired) electrons. The molecule has 0 aromatic heterocycles. The van der Waals surface area contributed by atoms with Gasteiger partial charge in [-0.1, -0.05) is 50.7 Å². The first-order valence-electron chi connectivity index (χ1n) is 5.75. The number of hydrogen-bond acceptors (Lipinski definition) is 1. The van der Waals surface area contributed by atoms with Crippen molar-refractivity contribution in [2.24, 2.45) is 0 Å². The maximum absolute atomic E-state index is 13.5. The van der Waals surface area contributed by atoms with Crippen LogP contribution in [0.2, 0.25) is 15.1 Å². The topological polar surface area (TPSA) is 12.0 Å². The Kier molecular flexibility index (Phi) is 5.19. The highest BCUT2D eigenvalue weighted by atomic mass is 79.9. The fraction of sp³-hybridized carbons (Fsp3) is 0.143. The largest absolute Gasteiger partial charge is 0.377 e. The van der Waals surface area contributed by atoms with Crippen LogP contribution < -0.4 is 5.32 Å². The van der Waals surface area contributed by atoms with Gasteiger partial charge in [-0.2, -0.15) is 0 Å². The molecule has 2 rings (SSSR count). The summed E-state index contributed by atoms with van der Waals surface area (Å²) in [5.41, 5.74) is 1.23. The number of halogens is 5. The molecule has 0 aliphatic carbocycles. The molecule has 0 fully saturated rings. The van der Waals surface area contributed by atoms with Crippen LogP contribution in [0.4, 0.5) is 10.1 Å². The first-order chi connectivity index (χ1) is 9.40. The van der Waals surface area contributed by atoms with E-state index in [-0.39, 0.29) is 11.1 Å². The lowest BCUT2D eigenvalue weighted by Gasteiger charge is -2.19. The Morgan fingerprint density at radius 2 is 1.80 bits per heavy atom. The van der Waals surface area contributed by atoms with Crippen LogP contribution in [0.5, 0.6) is 0 Å². The van der Waals surface area contributed by atoms with Gasteiger partial charge in [0.15, 0.2) is 0 Å². The Labute approximate surface area is 140 Å². The van der Waals surface area contributed by atoms with E-state index in [1.807, 2.05) is 19.1 Å². The SMILES string of the molecule is CC(Nc1ccc(Br)cc1Cl)c1c(Cl)ccc(F)c1Cl. The zero-order chi connectivity index (χ0) is 14.9. The number of anilines is 1. The summed E-state index contributed by atoms with van der Waals surface area (Å²) in [6, 6.07) is 7.89. The van der Waals surface area contributed by atoms with E-state index in [2.05, 4.69) is 21.2 Å². The number of benzene rings is 2. The Bertz CT molecular complexity index is 649. The summed E-state index contributed by atoms with van der Waals surface area (Å²) in [6.07, 6.45) is 0. The first kappa shape index (κ1) is 15.9. The summed E-state index contributed by atoms with van der Waals surface area (Å²) >= 11 is 21.6. The molecular weight excluding hydrogens is 387 g/mol. The van der Waals surface area contributed by atoms with Gasteiger partial charge in [0.1, 0.15) is 5.82 Å². The van der Waals surface area contributed by atoms with E-state index in [0.29, 0.717) is 15.6 Å². The zero-order valence-electron chi connectivity index (χ0n) is 10.4. The van der Waals surface area contributed by atoms with Crippen LogP contribution in [0.25, 0.3) is 0 Å². The van der Waals surface area contributed by atoms with Gasteiger partial charge >= 0.3 is 0 Å². The monoisotopic (exact) mass is 395 g/mol. The van der Waals surface area contributed by atoms with Crippen molar-refractivity contribution in [1.82, 2.24) is 0 Å². The molecule has 0 saturated carbocycles. The van der Waals surface area contributed by atoms with E-state index in [4.69, 9.17) is 34.8 Å². The molecule has 1 nitrogen and oxygen atoms in total. The molecule has 6 heteroatoms. The molecule has 1 N–H and O–H groups in total. The molecule has 0 aliphatic rings. The van der Waals surface area contributed by atoms with E-state index in [9.17, 15) is 4.39 Å². The van der Waals surface area contributed by atoms with Crippen LogP contribution in [0, 0.1) is 5.82 Å². The van der Waals surface area contributed by atoms with Crippen molar-refractivity contribution in [2.45, 2.75) is 13.0 Å². The minimum absolute atomic E-state index is 0.0192. The van der Waals surface area contributed by atoms with Crippen molar-refractivity contribution in [2.75, 3.05) is 5.32 Å². The minimum atomic E-state index is -0.499. The highest BCUT2D eigenvalue weighted by Gasteiger charge is 2.17. The Balaban J connectivity index is 2.33. The van der Waals surface area contributed by atoms with Gasteiger partial charge in [0.25, 0.3) is 0 Å². The molecular formula is C14H10BrCl3FN. The van der Waals surface area contributed by atoms with E-state index in [1.54, 1.807) is 6.07 Å². The Hall–Kier alpha value is -0.480. The third kappa shape index (κ3) is 3.40. The fourth-order valence-electron chi connectivity index (χ4n) is 1.85. The van der Waals surface area contributed by atoms with Gasteiger partial charge in [0.05, 0.1) is 21.8 Å². The lowest BCUT2D eigenvalue weighted by Crippen LogP contribution is -2.09. The number of hydrogen-bond donors (Lipinski definition) is 1. The van der Waals surface area contributed by atoms with E-state index in [0.717, 1.165) is 10.2 Å². The molecule has 106 valence electrons. The molecule has 2 aromatic carbocycles. The van der Waals surface area contributed by atoms with Crippen molar-refractivity contribution in [3.63, 3.8) is 0 Å². The molecule has 0 heterocycles. The van der Waals surface area contributed by atoms with Crippen LogP contribution in [0.1, 0.15) is 18.5 Å². The summed E-state index contributed by atoms with van der Waals surface area (Å²) in [5.74, 6) is -0.499. The second-order valence-corrected chi connectivity index (χ2v) is 6.36. The second-order valence-electron chi connectivity index (χ2n) is 4.25. The van der Waals surface area contributed by atoms with Crippen molar-refractivity contribution in [1.29, 1.82) is 0 Å². The average molecular weight is 398 g/mol. The second kappa shape index (κ2) is 6.52. The van der Waals surface area contributed by atoms with Gasteiger partial charge in [-0.15, -0.1) is 0 Å². The smallest absolute Gasteiger partial charge is 0.142 e. The van der Waals surface area contributed by atoms with E-state index >= 15 is 0 Å².